The maximum absolute atomic E-state index is 12.3. The van der Waals surface area contributed by atoms with E-state index in [1.807, 2.05) is 18.2 Å². The van der Waals surface area contributed by atoms with Crippen LogP contribution in [0.25, 0.3) is 0 Å². The zero-order valence-corrected chi connectivity index (χ0v) is 17.3. The standard InChI is InChI=1S/C22H28N4O2.ClH/c27-22(17-7-9-23-10-8-17)26-18-4-1-3-16(13-18)14-25-20-6-2-5-19(20)21-15-28-12-11-24-21;/h1,3-4,7-10,13,19-21,24-25H,2,5-6,11-12,14-15H2,(H,26,27);1H. The van der Waals surface area contributed by atoms with Crippen molar-refractivity contribution in [3.8, 4) is 0 Å². The van der Waals surface area contributed by atoms with Crippen LogP contribution in [0.4, 0.5) is 5.69 Å². The molecule has 3 N–H and O–H groups in total. The summed E-state index contributed by atoms with van der Waals surface area (Å²) in [4.78, 5) is 16.3. The van der Waals surface area contributed by atoms with E-state index in [0.717, 1.165) is 32.0 Å². The Balaban J connectivity index is 0.00000240. The second-order valence-corrected chi connectivity index (χ2v) is 7.61. The second kappa shape index (κ2) is 10.7. The van der Waals surface area contributed by atoms with Crippen LogP contribution < -0.4 is 16.0 Å². The van der Waals surface area contributed by atoms with Crippen molar-refractivity contribution in [1.82, 2.24) is 15.6 Å². The van der Waals surface area contributed by atoms with Gasteiger partial charge in [-0.25, -0.2) is 0 Å². The Morgan fingerprint density at radius 2 is 2.07 bits per heavy atom. The number of anilines is 1. The van der Waals surface area contributed by atoms with E-state index in [9.17, 15) is 4.79 Å². The van der Waals surface area contributed by atoms with Gasteiger partial charge in [-0.3, -0.25) is 9.78 Å². The number of carbonyl (C=O) groups is 1. The highest BCUT2D eigenvalue weighted by Gasteiger charge is 2.34. The molecule has 0 bridgehead atoms. The molecule has 1 aromatic heterocycles. The van der Waals surface area contributed by atoms with E-state index in [1.54, 1.807) is 24.5 Å². The van der Waals surface area contributed by atoms with Crippen molar-refractivity contribution >= 4 is 24.0 Å². The van der Waals surface area contributed by atoms with Gasteiger partial charge in [0.05, 0.1) is 13.2 Å². The van der Waals surface area contributed by atoms with Crippen molar-refractivity contribution in [3.63, 3.8) is 0 Å². The van der Waals surface area contributed by atoms with E-state index in [0.29, 0.717) is 23.6 Å². The minimum atomic E-state index is -0.119. The molecule has 1 saturated carbocycles. The molecule has 1 aliphatic carbocycles. The molecular formula is C22H29ClN4O2. The predicted octanol–water partition coefficient (Wildman–Crippen LogP) is 3.00. The van der Waals surface area contributed by atoms with Gasteiger partial charge in [0, 0.05) is 48.8 Å². The summed E-state index contributed by atoms with van der Waals surface area (Å²) in [5, 5.41) is 10.3. The first-order chi connectivity index (χ1) is 13.8. The van der Waals surface area contributed by atoms with E-state index < -0.39 is 0 Å². The summed E-state index contributed by atoms with van der Waals surface area (Å²) in [7, 11) is 0. The minimum Gasteiger partial charge on any atom is -0.379 e. The molecule has 1 aliphatic heterocycles. The van der Waals surface area contributed by atoms with Crippen molar-refractivity contribution in [1.29, 1.82) is 0 Å². The lowest BCUT2D eigenvalue weighted by atomic mass is 9.94. The van der Waals surface area contributed by atoms with E-state index in [2.05, 4.69) is 27.0 Å². The molecule has 2 aliphatic rings. The molecule has 0 spiro atoms. The molecule has 3 unspecified atom stereocenters. The first-order valence-electron chi connectivity index (χ1n) is 10.1. The van der Waals surface area contributed by atoms with Crippen LogP contribution in [0, 0.1) is 5.92 Å². The lowest BCUT2D eigenvalue weighted by Crippen LogP contribution is -2.50. The topological polar surface area (TPSA) is 75.3 Å². The SMILES string of the molecule is Cl.O=C(Nc1cccc(CNC2CCCC2C2COCCN2)c1)c1ccncc1. The van der Waals surface area contributed by atoms with Crippen LogP contribution in [-0.2, 0) is 11.3 Å². The summed E-state index contributed by atoms with van der Waals surface area (Å²) in [5.74, 6) is 0.501. The fraction of sp³-hybridized carbons (Fsp3) is 0.455. The fourth-order valence-corrected chi connectivity index (χ4v) is 4.30. The van der Waals surface area contributed by atoms with Crippen LogP contribution in [0.5, 0.6) is 0 Å². The van der Waals surface area contributed by atoms with Gasteiger partial charge >= 0.3 is 0 Å². The first-order valence-corrected chi connectivity index (χ1v) is 10.1. The van der Waals surface area contributed by atoms with Gasteiger partial charge in [-0.2, -0.15) is 0 Å². The Morgan fingerprint density at radius 1 is 1.21 bits per heavy atom. The molecule has 3 atom stereocenters. The number of carbonyl (C=O) groups excluding carboxylic acids is 1. The predicted molar refractivity (Wildman–Crippen MR) is 116 cm³/mol. The van der Waals surface area contributed by atoms with Gasteiger partial charge in [-0.05, 0) is 48.6 Å². The molecule has 6 nitrogen and oxygen atoms in total. The van der Waals surface area contributed by atoms with Crippen molar-refractivity contribution in [2.24, 2.45) is 5.92 Å². The van der Waals surface area contributed by atoms with Crippen molar-refractivity contribution in [2.45, 2.75) is 37.9 Å². The van der Waals surface area contributed by atoms with Crippen LogP contribution >= 0.6 is 12.4 Å². The van der Waals surface area contributed by atoms with Gasteiger partial charge < -0.3 is 20.7 Å². The number of rotatable bonds is 6. The first kappa shape index (κ1) is 21.7. The number of amides is 1. The summed E-state index contributed by atoms with van der Waals surface area (Å²) in [6, 6.07) is 12.4. The summed E-state index contributed by atoms with van der Waals surface area (Å²) < 4.78 is 5.66. The number of nitrogens with one attached hydrogen (secondary N) is 3. The molecule has 1 saturated heterocycles. The van der Waals surface area contributed by atoms with Crippen LogP contribution in [0.15, 0.2) is 48.8 Å². The number of hydrogen-bond acceptors (Lipinski definition) is 5. The molecule has 2 aromatic rings. The highest BCUT2D eigenvalue weighted by molar-refractivity contribution is 6.04. The lowest BCUT2D eigenvalue weighted by molar-refractivity contribution is 0.0524. The van der Waals surface area contributed by atoms with E-state index in [-0.39, 0.29) is 18.3 Å². The highest BCUT2D eigenvalue weighted by Crippen LogP contribution is 2.29. The number of nitrogens with zero attached hydrogens (tertiary/aromatic N) is 1. The van der Waals surface area contributed by atoms with Crippen molar-refractivity contribution < 1.29 is 9.53 Å². The minimum absolute atomic E-state index is 0. The highest BCUT2D eigenvalue weighted by atomic mass is 35.5. The van der Waals surface area contributed by atoms with E-state index in [1.165, 1.54) is 24.8 Å². The molecule has 29 heavy (non-hydrogen) atoms. The zero-order valence-electron chi connectivity index (χ0n) is 16.5. The Bertz CT molecular complexity index is 783. The summed E-state index contributed by atoms with van der Waals surface area (Å²) >= 11 is 0. The third-order valence-corrected chi connectivity index (χ3v) is 5.73. The Hall–Kier alpha value is -1.99. The average molecular weight is 417 g/mol. The second-order valence-electron chi connectivity index (χ2n) is 7.61. The van der Waals surface area contributed by atoms with Crippen LogP contribution in [0.3, 0.4) is 0 Å². The van der Waals surface area contributed by atoms with Gasteiger partial charge in [0.2, 0.25) is 0 Å². The Morgan fingerprint density at radius 3 is 2.86 bits per heavy atom. The molecule has 0 radical (unpaired) electrons. The van der Waals surface area contributed by atoms with Gasteiger partial charge in [0.25, 0.3) is 5.91 Å². The average Bonchev–Trinajstić information content (AvgIpc) is 3.22. The fourth-order valence-electron chi connectivity index (χ4n) is 4.30. The Labute approximate surface area is 178 Å². The molecule has 156 valence electrons. The maximum Gasteiger partial charge on any atom is 0.255 e. The molecule has 1 aromatic carbocycles. The Kier molecular flexibility index (Phi) is 8.00. The summed E-state index contributed by atoms with van der Waals surface area (Å²) in [5.41, 5.74) is 2.59. The van der Waals surface area contributed by atoms with Gasteiger partial charge in [0.1, 0.15) is 0 Å². The summed E-state index contributed by atoms with van der Waals surface area (Å²) in [6.07, 6.45) is 6.98. The van der Waals surface area contributed by atoms with E-state index >= 15 is 0 Å². The number of benzene rings is 1. The monoisotopic (exact) mass is 416 g/mol. The zero-order chi connectivity index (χ0) is 19.2. The number of pyridine rings is 1. The van der Waals surface area contributed by atoms with Crippen LogP contribution in [0.2, 0.25) is 0 Å². The molecule has 7 heteroatoms. The number of ether oxygens (including phenoxy) is 1. The molecule has 2 fully saturated rings. The molecule has 4 rings (SSSR count). The third kappa shape index (κ3) is 5.76. The number of hydrogen-bond donors (Lipinski definition) is 3. The molecule has 2 heterocycles. The quantitative estimate of drug-likeness (QED) is 0.675. The number of morpholine rings is 1. The molecular weight excluding hydrogens is 388 g/mol. The number of halogens is 1. The van der Waals surface area contributed by atoms with Gasteiger partial charge in [0.15, 0.2) is 0 Å². The largest absolute Gasteiger partial charge is 0.379 e. The molecule has 1 amide bonds. The van der Waals surface area contributed by atoms with Gasteiger partial charge in [-0.15, -0.1) is 12.4 Å². The van der Waals surface area contributed by atoms with Gasteiger partial charge in [-0.1, -0.05) is 18.6 Å². The lowest BCUT2D eigenvalue weighted by Gasteiger charge is -2.33. The van der Waals surface area contributed by atoms with Crippen LogP contribution in [0.1, 0.15) is 35.2 Å². The summed E-state index contributed by atoms with van der Waals surface area (Å²) in [6.45, 7) is 3.39. The van der Waals surface area contributed by atoms with Crippen molar-refractivity contribution in [2.75, 3.05) is 25.1 Å². The number of aromatic nitrogens is 1. The maximum atomic E-state index is 12.3. The van der Waals surface area contributed by atoms with Crippen LogP contribution in [-0.4, -0.2) is 42.7 Å². The third-order valence-electron chi connectivity index (χ3n) is 5.73. The van der Waals surface area contributed by atoms with E-state index in [4.69, 9.17) is 4.74 Å². The smallest absolute Gasteiger partial charge is 0.255 e. The van der Waals surface area contributed by atoms with Crippen molar-refractivity contribution in [3.05, 3.63) is 59.9 Å². The normalized spacial score (nSPS) is 23.9.